The summed E-state index contributed by atoms with van der Waals surface area (Å²) in [5.74, 6) is 0.979. The van der Waals surface area contributed by atoms with Crippen molar-refractivity contribution in [1.29, 1.82) is 5.26 Å². The van der Waals surface area contributed by atoms with Crippen LogP contribution < -0.4 is 5.32 Å². The molecule has 0 aliphatic carbocycles. The molecule has 1 unspecified atom stereocenters. The molecular weight excluding hydrogens is 334 g/mol. The Labute approximate surface area is 134 Å². The molecule has 0 fully saturated rings. The number of thioether (sulfide) groups is 1. The van der Waals surface area contributed by atoms with Crippen molar-refractivity contribution in [2.75, 3.05) is 12.3 Å². The largest absolute Gasteiger partial charge is 0.299 e. The molecule has 0 radical (unpaired) electrons. The molecule has 1 aromatic rings. The van der Waals surface area contributed by atoms with Gasteiger partial charge in [0.15, 0.2) is 0 Å². The molecule has 1 heterocycles. The highest BCUT2D eigenvalue weighted by molar-refractivity contribution is 9.10. The van der Waals surface area contributed by atoms with Gasteiger partial charge in [0.1, 0.15) is 10.6 Å². The van der Waals surface area contributed by atoms with Crippen LogP contribution in [0.2, 0.25) is 0 Å². The van der Waals surface area contributed by atoms with Crippen molar-refractivity contribution < 1.29 is 0 Å². The standard InChI is InChI=1S/C15H22BrN3S/c1-3-9-19-15(4-2,12-17)8-6-11-20-14-13(16)7-5-10-18-14/h5,7,10,19H,3-4,6,8-9,11H2,1-2H3. The molecule has 20 heavy (non-hydrogen) atoms. The van der Waals surface area contributed by atoms with E-state index in [2.05, 4.69) is 46.1 Å². The van der Waals surface area contributed by atoms with Crippen LogP contribution in [0.5, 0.6) is 0 Å². The highest BCUT2D eigenvalue weighted by atomic mass is 79.9. The minimum Gasteiger partial charge on any atom is -0.299 e. The first-order valence-corrected chi connectivity index (χ1v) is 8.85. The zero-order valence-corrected chi connectivity index (χ0v) is 14.6. The zero-order valence-electron chi connectivity index (χ0n) is 12.2. The summed E-state index contributed by atoms with van der Waals surface area (Å²) in [5, 5.41) is 13.8. The lowest BCUT2D eigenvalue weighted by Crippen LogP contribution is -2.43. The summed E-state index contributed by atoms with van der Waals surface area (Å²) < 4.78 is 1.04. The van der Waals surface area contributed by atoms with Crippen LogP contribution in [0.4, 0.5) is 0 Å². The molecule has 0 amide bonds. The van der Waals surface area contributed by atoms with Gasteiger partial charge in [-0.2, -0.15) is 5.26 Å². The second-order valence-corrected chi connectivity index (χ2v) is 6.65. The van der Waals surface area contributed by atoms with E-state index in [-0.39, 0.29) is 5.54 Å². The van der Waals surface area contributed by atoms with Gasteiger partial charge in [-0.3, -0.25) is 5.32 Å². The van der Waals surface area contributed by atoms with Crippen LogP contribution in [0.25, 0.3) is 0 Å². The van der Waals surface area contributed by atoms with Crippen molar-refractivity contribution in [1.82, 2.24) is 10.3 Å². The van der Waals surface area contributed by atoms with Gasteiger partial charge < -0.3 is 0 Å². The number of aromatic nitrogens is 1. The van der Waals surface area contributed by atoms with Gasteiger partial charge in [0.2, 0.25) is 0 Å². The van der Waals surface area contributed by atoms with E-state index in [1.54, 1.807) is 11.8 Å². The molecule has 1 N–H and O–H groups in total. The van der Waals surface area contributed by atoms with Crippen molar-refractivity contribution in [3.63, 3.8) is 0 Å². The van der Waals surface area contributed by atoms with E-state index in [1.165, 1.54) is 0 Å². The molecule has 110 valence electrons. The van der Waals surface area contributed by atoms with Crippen LogP contribution in [0.3, 0.4) is 0 Å². The van der Waals surface area contributed by atoms with E-state index >= 15 is 0 Å². The summed E-state index contributed by atoms with van der Waals surface area (Å²) in [6.07, 6.45) is 5.60. The number of halogens is 1. The van der Waals surface area contributed by atoms with Crippen LogP contribution in [-0.2, 0) is 0 Å². The van der Waals surface area contributed by atoms with Crippen molar-refractivity contribution in [3.05, 3.63) is 22.8 Å². The molecule has 1 rings (SSSR count). The van der Waals surface area contributed by atoms with Gasteiger partial charge in [0.05, 0.1) is 6.07 Å². The molecule has 0 aliphatic rings. The predicted molar refractivity (Wildman–Crippen MR) is 88.8 cm³/mol. The molecule has 0 spiro atoms. The number of pyridine rings is 1. The van der Waals surface area contributed by atoms with Crippen molar-refractivity contribution in [3.8, 4) is 6.07 Å². The van der Waals surface area contributed by atoms with Gasteiger partial charge in [-0.05, 0) is 66.0 Å². The van der Waals surface area contributed by atoms with Gasteiger partial charge in [0.25, 0.3) is 0 Å². The summed E-state index contributed by atoms with van der Waals surface area (Å²) in [6.45, 7) is 5.11. The minimum atomic E-state index is -0.363. The smallest absolute Gasteiger partial charge is 0.110 e. The van der Waals surface area contributed by atoms with Gasteiger partial charge >= 0.3 is 0 Å². The Morgan fingerprint density at radius 3 is 2.90 bits per heavy atom. The molecule has 5 heteroatoms. The molecule has 1 atom stereocenters. The van der Waals surface area contributed by atoms with E-state index < -0.39 is 0 Å². The Morgan fingerprint density at radius 1 is 1.50 bits per heavy atom. The number of nitrogens with one attached hydrogen (secondary N) is 1. The molecule has 0 bridgehead atoms. The van der Waals surface area contributed by atoms with Gasteiger partial charge in [-0.15, -0.1) is 11.8 Å². The molecule has 0 aromatic carbocycles. The summed E-state index contributed by atoms with van der Waals surface area (Å²) >= 11 is 5.24. The molecular formula is C15H22BrN3S. The lowest BCUT2D eigenvalue weighted by Gasteiger charge is -2.26. The van der Waals surface area contributed by atoms with Crippen LogP contribution in [-0.4, -0.2) is 22.8 Å². The normalized spacial score (nSPS) is 13.7. The lowest BCUT2D eigenvalue weighted by atomic mass is 9.92. The molecule has 1 aromatic heterocycles. The summed E-state index contributed by atoms with van der Waals surface area (Å²) in [7, 11) is 0. The summed E-state index contributed by atoms with van der Waals surface area (Å²) in [4.78, 5) is 4.34. The number of hydrogen-bond acceptors (Lipinski definition) is 4. The first kappa shape index (κ1) is 17.5. The second-order valence-electron chi connectivity index (χ2n) is 4.72. The van der Waals surface area contributed by atoms with E-state index in [1.807, 2.05) is 18.3 Å². The maximum absolute atomic E-state index is 9.42. The fraction of sp³-hybridized carbons (Fsp3) is 0.600. The van der Waals surface area contributed by atoms with Crippen LogP contribution in [0.15, 0.2) is 27.8 Å². The zero-order chi connectivity index (χ0) is 14.8. The summed E-state index contributed by atoms with van der Waals surface area (Å²) in [5.41, 5.74) is -0.363. The fourth-order valence-electron chi connectivity index (χ4n) is 1.95. The number of hydrogen-bond donors (Lipinski definition) is 1. The van der Waals surface area contributed by atoms with E-state index in [0.717, 1.165) is 47.5 Å². The van der Waals surface area contributed by atoms with E-state index in [9.17, 15) is 5.26 Å². The lowest BCUT2D eigenvalue weighted by molar-refractivity contribution is 0.371. The maximum Gasteiger partial charge on any atom is 0.110 e. The second kappa shape index (κ2) is 9.38. The van der Waals surface area contributed by atoms with Crippen LogP contribution >= 0.6 is 27.7 Å². The predicted octanol–water partition coefficient (Wildman–Crippen LogP) is 4.39. The topological polar surface area (TPSA) is 48.7 Å². The van der Waals surface area contributed by atoms with Crippen molar-refractivity contribution >= 4 is 27.7 Å². The first-order chi connectivity index (χ1) is 9.67. The third kappa shape index (κ3) is 5.43. The number of nitriles is 1. The quantitative estimate of drug-likeness (QED) is 0.527. The van der Waals surface area contributed by atoms with Crippen LogP contribution in [0.1, 0.15) is 39.5 Å². The number of nitrogens with zero attached hydrogens (tertiary/aromatic N) is 2. The third-order valence-corrected chi connectivity index (χ3v) is 5.24. The van der Waals surface area contributed by atoms with Crippen molar-refractivity contribution in [2.45, 2.75) is 50.1 Å². The Balaban J connectivity index is 2.42. The monoisotopic (exact) mass is 355 g/mol. The fourth-order valence-corrected chi connectivity index (χ4v) is 3.37. The summed E-state index contributed by atoms with van der Waals surface area (Å²) in [6, 6.07) is 6.39. The third-order valence-electron chi connectivity index (χ3n) is 3.24. The maximum atomic E-state index is 9.42. The highest BCUT2D eigenvalue weighted by Crippen LogP contribution is 2.26. The van der Waals surface area contributed by atoms with Gasteiger partial charge in [0, 0.05) is 10.7 Å². The Morgan fingerprint density at radius 2 is 2.30 bits per heavy atom. The molecule has 0 saturated heterocycles. The molecule has 0 saturated carbocycles. The van der Waals surface area contributed by atoms with Crippen molar-refractivity contribution in [2.24, 2.45) is 0 Å². The minimum absolute atomic E-state index is 0.363. The Bertz CT molecular complexity index is 447. The van der Waals surface area contributed by atoms with Gasteiger partial charge in [-0.25, -0.2) is 4.98 Å². The first-order valence-electron chi connectivity index (χ1n) is 7.07. The van der Waals surface area contributed by atoms with Gasteiger partial charge in [-0.1, -0.05) is 13.8 Å². The molecule has 0 aliphatic heterocycles. The Kier molecular flexibility index (Phi) is 8.20. The van der Waals surface area contributed by atoms with E-state index in [4.69, 9.17) is 0 Å². The van der Waals surface area contributed by atoms with Crippen LogP contribution in [0, 0.1) is 11.3 Å². The Hall–Kier alpha value is -0.570. The highest BCUT2D eigenvalue weighted by Gasteiger charge is 2.26. The average molecular weight is 356 g/mol. The average Bonchev–Trinajstić information content (AvgIpc) is 2.49. The van der Waals surface area contributed by atoms with E-state index in [0.29, 0.717) is 0 Å². The SMILES string of the molecule is CCCNC(C#N)(CC)CCCSc1ncccc1Br. The molecule has 3 nitrogen and oxygen atoms in total. The number of rotatable bonds is 9.